The van der Waals surface area contributed by atoms with Crippen LogP contribution in [0, 0.1) is 0 Å². The number of hydrogen-bond donors (Lipinski definition) is 1. The lowest BCUT2D eigenvalue weighted by Crippen LogP contribution is -2.26. The molecule has 0 radical (unpaired) electrons. The summed E-state index contributed by atoms with van der Waals surface area (Å²) in [4.78, 5) is 0. The van der Waals surface area contributed by atoms with Gasteiger partial charge in [-0.05, 0) is 56.9 Å². The predicted molar refractivity (Wildman–Crippen MR) is 68.1 cm³/mol. The quantitative estimate of drug-likeness (QED) is 0.812. The van der Waals surface area contributed by atoms with E-state index in [-0.39, 0.29) is 0 Å². The topological polar surface area (TPSA) is 21.3 Å². The minimum atomic E-state index is 0.297. The molecule has 16 heavy (non-hydrogen) atoms. The summed E-state index contributed by atoms with van der Waals surface area (Å²) in [5.41, 5.74) is 1.21. The van der Waals surface area contributed by atoms with Gasteiger partial charge >= 0.3 is 0 Å². The molecule has 0 aromatic heterocycles. The van der Waals surface area contributed by atoms with Crippen molar-refractivity contribution in [1.29, 1.82) is 0 Å². The van der Waals surface area contributed by atoms with Crippen LogP contribution in [-0.4, -0.2) is 12.1 Å². The lowest BCUT2D eigenvalue weighted by atomic mass is 9.93. The first kappa shape index (κ1) is 11.3. The monoisotopic (exact) mass is 219 g/mol. The Kier molecular flexibility index (Phi) is 3.70. The van der Waals surface area contributed by atoms with Gasteiger partial charge in [0.05, 0.1) is 6.10 Å². The standard InChI is InChI=1S/C14H21NO/c1-3-11(2)16-14-9-7-13(8-10-14)15-12-5-4-6-12/h7-12,15H,3-6H2,1-2H3. The van der Waals surface area contributed by atoms with E-state index >= 15 is 0 Å². The minimum Gasteiger partial charge on any atom is -0.491 e. The number of nitrogens with one attached hydrogen (secondary N) is 1. The Morgan fingerprint density at radius 1 is 1.31 bits per heavy atom. The van der Waals surface area contributed by atoms with E-state index < -0.39 is 0 Å². The van der Waals surface area contributed by atoms with E-state index in [9.17, 15) is 0 Å². The van der Waals surface area contributed by atoms with Crippen LogP contribution in [0.1, 0.15) is 39.5 Å². The van der Waals surface area contributed by atoms with Gasteiger partial charge in [0, 0.05) is 11.7 Å². The highest BCUT2D eigenvalue weighted by atomic mass is 16.5. The molecule has 0 saturated heterocycles. The average molecular weight is 219 g/mol. The molecule has 1 aromatic carbocycles. The molecule has 1 saturated carbocycles. The van der Waals surface area contributed by atoms with Crippen LogP contribution in [0.15, 0.2) is 24.3 Å². The molecule has 1 aliphatic carbocycles. The molecule has 1 atom stereocenters. The van der Waals surface area contributed by atoms with E-state index in [0.29, 0.717) is 12.1 Å². The van der Waals surface area contributed by atoms with Gasteiger partial charge in [-0.15, -0.1) is 0 Å². The van der Waals surface area contributed by atoms with Crippen molar-refractivity contribution in [3.05, 3.63) is 24.3 Å². The Hall–Kier alpha value is -1.18. The van der Waals surface area contributed by atoms with Crippen LogP contribution >= 0.6 is 0 Å². The van der Waals surface area contributed by atoms with Crippen molar-refractivity contribution in [2.75, 3.05) is 5.32 Å². The van der Waals surface area contributed by atoms with E-state index in [2.05, 4.69) is 31.3 Å². The molecule has 1 N–H and O–H groups in total. The second kappa shape index (κ2) is 5.24. The van der Waals surface area contributed by atoms with Gasteiger partial charge in [-0.1, -0.05) is 6.92 Å². The number of rotatable bonds is 5. The third-order valence-corrected chi connectivity index (χ3v) is 3.24. The molecule has 0 bridgehead atoms. The van der Waals surface area contributed by atoms with Gasteiger partial charge in [-0.3, -0.25) is 0 Å². The number of hydrogen-bond acceptors (Lipinski definition) is 2. The van der Waals surface area contributed by atoms with Crippen LogP contribution in [0.2, 0.25) is 0 Å². The Balaban J connectivity index is 1.88. The highest BCUT2D eigenvalue weighted by Gasteiger charge is 2.16. The third-order valence-electron chi connectivity index (χ3n) is 3.24. The van der Waals surface area contributed by atoms with Crippen molar-refractivity contribution in [2.24, 2.45) is 0 Å². The maximum absolute atomic E-state index is 5.74. The van der Waals surface area contributed by atoms with E-state index in [1.54, 1.807) is 0 Å². The van der Waals surface area contributed by atoms with Gasteiger partial charge in [-0.2, -0.15) is 0 Å². The fourth-order valence-corrected chi connectivity index (χ4v) is 1.73. The highest BCUT2D eigenvalue weighted by Crippen LogP contribution is 2.24. The van der Waals surface area contributed by atoms with Crippen molar-refractivity contribution >= 4 is 5.69 Å². The maximum Gasteiger partial charge on any atom is 0.119 e. The Morgan fingerprint density at radius 3 is 2.50 bits per heavy atom. The summed E-state index contributed by atoms with van der Waals surface area (Å²) in [6.07, 6.45) is 5.33. The normalized spacial score (nSPS) is 17.6. The molecule has 0 heterocycles. The zero-order chi connectivity index (χ0) is 11.4. The molecule has 2 heteroatoms. The lowest BCUT2D eigenvalue weighted by Gasteiger charge is -2.27. The lowest BCUT2D eigenvalue weighted by molar-refractivity contribution is 0.217. The first-order valence-electron chi connectivity index (χ1n) is 6.31. The molecule has 2 rings (SSSR count). The zero-order valence-electron chi connectivity index (χ0n) is 10.2. The van der Waals surface area contributed by atoms with E-state index in [4.69, 9.17) is 4.74 Å². The molecule has 88 valence electrons. The summed E-state index contributed by atoms with van der Waals surface area (Å²) in [5.74, 6) is 0.966. The average Bonchev–Trinajstić information content (AvgIpc) is 2.25. The van der Waals surface area contributed by atoms with Crippen LogP contribution in [-0.2, 0) is 0 Å². The summed E-state index contributed by atoms with van der Waals surface area (Å²) in [6, 6.07) is 9.01. The van der Waals surface area contributed by atoms with Gasteiger partial charge in [-0.25, -0.2) is 0 Å². The van der Waals surface area contributed by atoms with Crippen molar-refractivity contribution in [1.82, 2.24) is 0 Å². The minimum absolute atomic E-state index is 0.297. The summed E-state index contributed by atoms with van der Waals surface area (Å²) >= 11 is 0. The molecule has 1 unspecified atom stereocenters. The van der Waals surface area contributed by atoms with E-state index in [1.807, 2.05) is 12.1 Å². The smallest absolute Gasteiger partial charge is 0.119 e. The summed E-state index contributed by atoms with van der Waals surface area (Å²) in [6.45, 7) is 4.23. The maximum atomic E-state index is 5.74. The first-order valence-corrected chi connectivity index (χ1v) is 6.31. The predicted octanol–water partition coefficient (Wildman–Crippen LogP) is 3.83. The molecule has 2 nitrogen and oxygen atoms in total. The van der Waals surface area contributed by atoms with Crippen molar-refractivity contribution in [3.8, 4) is 5.75 Å². The number of ether oxygens (including phenoxy) is 1. The van der Waals surface area contributed by atoms with Crippen molar-refractivity contribution in [3.63, 3.8) is 0 Å². The van der Waals surface area contributed by atoms with E-state index in [0.717, 1.165) is 12.2 Å². The molecule has 0 spiro atoms. The summed E-state index contributed by atoms with van der Waals surface area (Å²) < 4.78 is 5.74. The molecule has 0 aliphatic heterocycles. The molecular formula is C14H21NO. The van der Waals surface area contributed by atoms with Crippen LogP contribution in [0.5, 0.6) is 5.75 Å². The van der Waals surface area contributed by atoms with Gasteiger partial charge < -0.3 is 10.1 Å². The first-order chi connectivity index (χ1) is 7.78. The Labute approximate surface area is 98.0 Å². The van der Waals surface area contributed by atoms with Gasteiger partial charge in [0.2, 0.25) is 0 Å². The number of anilines is 1. The van der Waals surface area contributed by atoms with Crippen LogP contribution in [0.4, 0.5) is 5.69 Å². The molecular weight excluding hydrogens is 198 g/mol. The highest BCUT2D eigenvalue weighted by molar-refractivity contribution is 5.47. The number of benzene rings is 1. The third kappa shape index (κ3) is 2.91. The summed E-state index contributed by atoms with van der Waals surface area (Å²) in [5, 5.41) is 3.52. The van der Waals surface area contributed by atoms with Crippen LogP contribution < -0.4 is 10.1 Å². The summed E-state index contributed by atoms with van der Waals surface area (Å²) in [7, 11) is 0. The second-order valence-corrected chi connectivity index (χ2v) is 4.63. The zero-order valence-corrected chi connectivity index (χ0v) is 10.2. The Bertz CT molecular complexity index is 290. The second-order valence-electron chi connectivity index (χ2n) is 4.63. The Morgan fingerprint density at radius 2 is 2.00 bits per heavy atom. The largest absolute Gasteiger partial charge is 0.491 e. The van der Waals surface area contributed by atoms with Gasteiger partial charge in [0.25, 0.3) is 0 Å². The van der Waals surface area contributed by atoms with Crippen LogP contribution in [0.25, 0.3) is 0 Å². The van der Waals surface area contributed by atoms with Crippen molar-refractivity contribution < 1.29 is 4.74 Å². The van der Waals surface area contributed by atoms with Crippen molar-refractivity contribution in [2.45, 2.75) is 51.7 Å². The SMILES string of the molecule is CCC(C)Oc1ccc(NC2CCC2)cc1. The molecule has 1 aliphatic rings. The van der Waals surface area contributed by atoms with Gasteiger partial charge in [0.1, 0.15) is 5.75 Å². The van der Waals surface area contributed by atoms with Crippen LogP contribution in [0.3, 0.4) is 0 Å². The molecule has 0 amide bonds. The molecule has 1 fully saturated rings. The fraction of sp³-hybridized carbons (Fsp3) is 0.571. The fourth-order valence-electron chi connectivity index (χ4n) is 1.73. The van der Waals surface area contributed by atoms with E-state index in [1.165, 1.54) is 24.9 Å². The van der Waals surface area contributed by atoms with Gasteiger partial charge in [0.15, 0.2) is 0 Å². The molecule has 1 aromatic rings.